The Kier molecular flexibility index (Phi) is 6.50. The molecule has 2 aliphatic heterocycles. The number of ether oxygens (including phenoxy) is 3. The molecule has 5 rings (SSSR count). The summed E-state index contributed by atoms with van der Waals surface area (Å²) in [6.45, 7) is 6.15. The SMILES string of the molecule is CCOC(=O)C1(NCc2ccc3c(c2)OCCO3)CCN(c2ncc3ccsc3n2)C(C)C1Cl. The van der Waals surface area contributed by atoms with Gasteiger partial charge in [-0.3, -0.25) is 5.32 Å². The number of nitrogens with one attached hydrogen (secondary N) is 1. The van der Waals surface area contributed by atoms with Gasteiger partial charge in [-0.1, -0.05) is 6.07 Å². The first-order valence-corrected chi connectivity index (χ1v) is 12.7. The molecule has 180 valence electrons. The van der Waals surface area contributed by atoms with Crippen molar-refractivity contribution in [3.05, 3.63) is 41.4 Å². The second-order valence-electron chi connectivity index (χ2n) is 8.46. The standard InChI is InChI=1S/C24H27ClN4O4S/c1-3-31-22(30)24(27-13-16-4-5-18-19(12-16)33-10-9-32-18)7-8-29(15(2)20(24)25)23-26-14-17-6-11-34-21(17)28-23/h4-6,11-12,14-15,20,27H,3,7-10,13H2,1-2H3. The molecule has 2 aromatic heterocycles. The van der Waals surface area contributed by atoms with Crippen LogP contribution in [0, 0.1) is 0 Å². The predicted molar refractivity (Wildman–Crippen MR) is 132 cm³/mol. The van der Waals surface area contributed by atoms with Crippen LogP contribution in [0.1, 0.15) is 25.8 Å². The number of benzene rings is 1. The first-order valence-electron chi connectivity index (χ1n) is 11.4. The van der Waals surface area contributed by atoms with E-state index in [1.807, 2.05) is 42.8 Å². The number of esters is 1. The van der Waals surface area contributed by atoms with E-state index in [2.05, 4.69) is 15.2 Å². The molecule has 1 aromatic carbocycles. The Balaban J connectivity index is 1.38. The molecule has 2 aliphatic rings. The second kappa shape index (κ2) is 9.56. The maximum Gasteiger partial charge on any atom is 0.328 e. The van der Waals surface area contributed by atoms with Gasteiger partial charge in [-0.2, -0.15) is 0 Å². The van der Waals surface area contributed by atoms with Crippen molar-refractivity contribution >= 4 is 45.1 Å². The molecule has 1 saturated heterocycles. The Hall–Kier alpha value is -2.62. The summed E-state index contributed by atoms with van der Waals surface area (Å²) in [5.74, 6) is 1.73. The van der Waals surface area contributed by atoms with Crippen molar-refractivity contribution < 1.29 is 19.0 Å². The summed E-state index contributed by atoms with van der Waals surface area (Å²) in [4.78, 5) is 25.5. The van der Waals surface area contributed by atoms with Crippen LogP contribution >= 0.6 is 22.9 Å². The molecule has 1 fully saturated rings. The number of carbonyl (C=O) groups excluding carboxylic acids is 1. The molecule has 3 unspecified atom stereocenters. The van der Waals surface area contributed by atoms with Gasteiger partial charge in [0.25, 0.3) is 0 Å². The van der Waals surface area contributed by atoms with Gasteiger partial charge in [0.15, 0.2) is 11.5 Å². The topological polar surface area (TPSA) is 85.8 Å². The van der Waals surface area contributed by atoms with Gasteiger partial charge in [-0.05, 0) is 49.4 Å². The smallest absolute Gasteiger partial charge is 0.328 e. The predicted octanol–water partition coefficient (Wildman–Crippen LogP) is 3.76. The summed E-state index contributed by atoms with van der Waals surface area (Å²) < 4.78 is 16.8. The molecular formula is C24H27ClN4O4S. The lowest BCUT2D eigenvalue weighted by Crippen LogP contribution is -2.68. The number of anilines is 1. The molecule has 10 heteroatoms. The zero-order valence-electron chi connectivity index (χ0n) is 19.1. The Morgan fingerprint density at radius 1 is 1.32 bits per heavy atom. The maximum atomic E-state index is 13.3. The number of rotatable bonds is 6. The van der Waals surface area contributed by atoms with Gasteiger partial charge in [-0.25, -0.2) is 14.8 Å². The highest BCUT2D eigenvalue weighted by Gasteiger charge is 2.53. The van der Waals surface area contributed by atoms with Crippen molar-refractivity contribution in [2.45, 2.75) is 43.8 Å². The van der Waals surface area contributed by atoms with Crippen molar-refractivity contribution in [2.75, 3.05) is 31.3 Å². The molecule has 8 nitrogen and oxygen atoms in total. The van der Waals surface area contributed by atoms with Crippen LogP contribution in [-0.2, 0) is 16.1 Å². The minimum Gasteiger partial charge on any atom is -0.486 e. The number of hydrogen-bond acceptors (Lipinski definition) is 9. The first kappa shape index (κ1) is 23.1. The first-order chi connectivity index (χ1) is 16.5. The Bertz CT molecular complexity index is 1190. The summed E-state index contributed by atoms with van der Waals surface area (Å²) in [5, 5.41) is 5.90. The second-order valence-corrected chi connectivity index (χ2v) is 9.83. The maximum absolute atomic E-state index is 13.3. The number of thiophene rings is 1. The Labute approximate surface area is 207 Å². The van der Waals surface area contributed by atoms with Crippen LogP contribution < -0.4 is 19.7 Å². The van der Waals surface area contributed by atoms with Crippen molar-refractivity contribution in [2.24, 2.45) is 0 Å². The minimum absolute atomic E-state index is 0.204. The van der Waals surface area contributed by atoms with Crippen molar-refractivity contribution in [1.82, 2.24) is 15.3 Å². The van der Waals surface area contributed by atoms with E-state index in [0.29, 0.717) is 44.4 Å². The normalized spacial score (nSPS) is 24.3. The molecule has 0 bridgehead atoms. The van der Waals surface area contributed by atoms with Gasteiger partial charge in [0.1, 0.15) is 23.6 Å². The van der Waals surface area contributed by atoms with Crippen molar-refractivity contribution in [3.63, 3.8) is 0 Å². The Morgan fingerprint density at radius 3 is 2.97 bits per heavy atom. The molecule has 0 amide bonds. The molecule has 0 spiro atoms. The molecule has 0 radical (unpaired) electrons. The summed E-state index contributed by atoms with van der Waals surface area (Å²) in [6, 6.07) is 7.59. The summed E-state index contributed by atoms with van der Waals surface area (Å²) >= 11 is 8.62. The van der Waals surface area contributed by atoms with Gasteiger partial charge in [0.05, 0.1) is 12.0 Å². The van der Waals surface area contributed by atoms with Crippen LogP contribution in [0.5, 0.6) is 11.5 Å². The third kappa shape index (κ3) is 4.16. The lowest BCUT2D eigenvalue weighted by Gasteiger charge is -2.48. The largest absolute Gasteiger partial charge is 0.486 e. The van der Waals surface area contributed by atoms with E-state index in [1.54, 1.807) is 18.3 Å². The number of halogens is 1. The molecule has 0 aliphatic carbocycles. The van der Waals surface area contributed by atoms with Gasteiger partial charge >= 0.3 is 5.97 Å². The van der Waals surface area contributed by atoms with Crippen LogP contribution in [0.3, 0.4) is 0 Å². The van der Waals surface area contributed by atoms with Crippen LogP contribution in [0.15, 0.2) is 35.8 Å². The van der Waals surface area contributed by atoms with Crippen molar-refractivity contribution in [3.8, 4) is 11.5 Å². The van der Waals surface area contributed by atoms with Crippen LogP contribution in [0.4, 0.5) is 5.95 Å². The zero-order valence-corrected chi connectivity index (χ0v) is 20.7. The van der Waals surface area contributed by atoms with E-state index in [0.717, 1.165) is 21.5 Å². The fourth-order valence-corrected chi connectivity index (χ4v) is 5.71. The van der Waals surface area contributed by atoms with E-state index < -0.39 is 10.9 Å². The lowest BCUT2D eigenvalue weighted by molar-refractivity contribution is -0.152. The number of piperidine rings is 1. The quantitative estimate of drug-likeness (QED) is 0.403. The summed E-state index contributed by atoms with van der Waals surface area (Å²) in [6.07, 6.45) is 2.29. The lowest BCUT2D eigenvalue weighted by atomic mass is 9.82. The van der Waals surface area contributed by atoms with Gasteiger partial charge in [0.2, 0.25) is 5.95 Å². The van der Waals surface area contributed by atoms with Gasteiger partial charge in [-0.15, -0.1) is 22.9 Å². The molecule has 3 aromatic rings. The molecule has 34 heavy (non-hydrogen) atoms. The van der Waals surface area contributed by atoms with E-state index >= 15 is 0 Å². The highest BCUT2D eigenvalue weighted by molar-refractivity contribution is 7.16. The number of carbonyl (C=O) groups is 1. The molecule has 4 heterocycles. The van der Waals surface area contributed by atoms with E-state index in [-0.39, 0.29) is 18.6 Å². The third-order valence-electron chi connectivity index (χ3n) is 6.44. The number of aromatic nitrogens is 2. The fraction of sp³-hybridized carbons (Fsp3) is 0.458. The van der Waals surface area contributed by atoms with Crippen LogP contribution in [0.2, 0.25) is 0 Å². The Morgan fingerprint density at radius 2 is 2.15 bits per heavy atom. The fourth-order valence-electron chi connectivity index (χ4n) is 4.57. The third-order valence-corrected chi connectivity index (χ3v) is 8.00. The molecule has 3 atom stereocenters. The number of nitrogens with zero attached hydrogens (tertiary/aromatic N) is 3. The van der Waals surface area contributed by atoms with Gasteiger partial charge < -0.3 is 19.1 Å². The highest BCUT2D eigenvalue weighted by atomic mass is 35.5. The molecular weight excluding hydrogens is 476 g/mol. The summed E-state index contributed by atoms with van der Waals surface area (Å²) in [7, 11) is 0. The average Bonchev–Trinajstić information content (AvgIpc) is 3.33. The average molecular weight is 503 g/mol. The van der Waals surface area contributed by atoms with Crippen molar-refractivity contribution in [1.29, 1.82) is 0 Å². The highest BCUT2D eigenvalue weighted by Crippen LogP contribution is 2.36. The van der Waals surface area contributed by atoms with Gasteiger partial charge in [0, 0.05) is 30.7 Å². The number of alkyl halides is 1. The molecule has 1 N–H and O–H groups in total. The van der Waals surface area contributed by atoms with E-state index in [9.17, 15) is 4.79 Å². The van der Waals surface area contributed by atoms with Crippen LogP contribution in [0.25, 0.3) is 10.2 Å². The van der Waals surface area contributed by atoms with E-state index in [1.165, 1.54) is 0 Å². The minimum atomic E-state index is -1.05. The molecule has 0 saturated carbocycles. The monoisotopic (exact) mass is 502 g/mol. The number of hydrogen-bond donors (Lipinski definition) is 1. The summed E-state index contributed by atoms with van der Waals surface area (Å²) in [5.41, 5.74) is -0.0771. The number of fused-ring (bicyclic) bond motifs is 2. The zero-order chi connectivity index (χ0) is 23.7. The van der Waals surface area contributed by atoms with Crippen LogP contribution in [-0.4, -0.2) is 59.3 Å². The van der Waals surface area contributed by atoms with E-state index in [4.69, 9.17) is 30.8 Å².